The van der Waals surface area contributed by atoms with E-state index in [4.69, 9.17) is 4.74 Å². The summed E-state index contributed by atoms with van der Waals surface area (Å²) in [4.78, 5) is 11.2. The van der Waals surface area contributed by atoms with Crippen molar-refractivity contribution >= 4 is 5.97 Å². The third-order valence-corrected chi connectivity index (χ3v) is 4.93. The van der Waals surface area contributed by atoms with Crippen LogP contribution in [-0.2, 0) is 9.53 Å². The van der Waals surface area contributed by atoms with Gasteiger partial charge in [0.1, 0.15) is 6.61 Å². The molecule has 3 atom stereocenters. The molecule has 0 saturated heterocycles. The number of aliphatic hydroxyl groups is 2. The Balaban J connectivity index is 3.09. The molecular weight excluding hydrogens is 328 g/mol. The van der Waals surface area contributed by atoms with Crippen LogP contribution in [0, 0.1) is 5.92 Å². The fraction of sp³-hybridized carbons (Fsp3) is 0.591. The number of hydrogen-bond acceptors (Lipinski definition) is 4. The topological polar surface area (TPSA) is 66.8 Å². The molecular formula is C22H34O4. The number of ether oxygens (including phenoxy) is 1. The van der Waals surface area contributed by atoms with Crippen LogP contribution < -0.4 is 0 Å². The Morgan fingerprint density at radius 2 is 1.88 bits per heavy atom. The third kappa shape index (κ3) is 8.15. The minimum Gasteiger partial charge on any atom is -0.461 e. The van der Waals surface area contributed by atoms with Crippen molar-refractivity contribution in [1.82, 2.24) is 0 Å². The van der Waals surface area contributed by atoms with Gasteiger partial charge >= 0.3 is 5.97 Å². The van der Waals surface area contributed by atoms with Crippen LogP contribution in [0.4, 0.5) is 0 Å². The molecule has 26 heavy (non-hydrogen) atoms. The van der Waals surface area contributed by atoms with E-state index in [9.17, 15) is 15.0 Å². The van der Waals surface area contributed by atoms with Crippen molar-refractivity contribution in [2.75, 3.05) is 6.61 Å². The molecule has 1 rings (SSSR count). The molecule has 4 nitrogen and oxygen atoms in total. The molecule has 146 valence electrons. The molecule has 0 aliphatic heterocycles. The van der Waals surface area contributed by atoms with Gasteiger partial charge < -0.3 is 14.9 Å². The van der Waals surface area contributed by atoms with E-state index in [-0.39, 0.29) is 18.5 Å². The van der Waals surface area contributed by atoms with Crippen molar-refractivity contribution in [1.29, 1.82) is 0 Å². The predicted molar refractivity (Wildman–Crippen MR) is 106 cm³/mol. The van der Waals surface area contributed by atoms with Crippen molar-refractivity contribution in [3.8, 4) is 0 Å². The highest BCUT2D eigenvalue weighted by Gasteiger charge is 2.20. The van der Waals surface area contributed by atoms with E-state index >= 15 is 0 Å². The van der Waals surface area contributed by atoms with Crippen LogP contribution in [0.25, 0.3) is 0 Å². The van der Waals surface area contributed by atoms with Gasteiger partial charge in [-0.2, -0.15) is 0 Å². The fourth-order valence-corrected chi connectivity index (χ4v) is 3.08. The first-order valence-electron chi connectivity index (χ1n) is 9.37. The van der Waals surface area contributed by atoms with Gasteiger partial charge in [0.05, 0.1) is 12.2 Å². The first-order valence-corrected chi connectivity index (χ1v) is 9.37. The summed E-state index contributed by atoms with van der Waals surface area (Å²) in [7, 11) is 0. The number of hydrogen-bond donors (Lipinski definition) is 2. The van der Waals surface area contributed by atoms with E-state index < -0.39 is 12.2 Å². The Kier molecular flexibility index (Phi) is 9.60. The summed E-state index contributed by atoms with van der Waals surface area (Å²) in [6.45, 7) is 11.5. The molecule has 0 bridgehead atoms. The standard InChI is InChI=1S/C22H34O4/c1-15(2)20-11-9-16(3)7-6-8-17(4)21(24)12-10-19(13-22(20)25)14-26-18(5)23/h7-8,13,20-22,24-25H,1,6,9-12,14H2,2-5H3/b16-7+,17-8?,19-13?/t20-,21-,22+/m1/s1. The van der Waals surface area contributed by atoms with Crippen molar-refractivity contribution in [3.63, 3.8) is 0 Å². The van der Waals surface area contributed by atoms with Crippen LogP contribution >= 0.6 is 0 Å². The molecule has 0 saturated carbocycles. The van der Waals surface area contributed by atoms with Gasteiger partial charge in [-0.3, -0.25) is 4.79 Å². The Morgan fingerprint density at radius 3 is 2.50 bits per heavy atom. The Hall–Kier alpha value is -1.65. The molecule has 0 radical (unpaired) electrons. The second kappa shape index (κ2) is 11.1. The van der Waals surface area contributed by atoms with Gasteiger partial charge in [0.25, 0.3) is 0 Å². The lowest BCUT2D eigenvalue weighted by Crippen LogP contribution is -2.21. The highest BCUT2D eigenvalue weighted by atomic mass is 16.5. The molecule has 1 aliphatic rings. The van der Waals surface area contributed by atoms with Crippen molar-refractivity contribution in [2.24, 2.45) is 5.92 Å². The zero-order valence-corrected chi connectivity index (χ0v) is 16.6. The number of carbonyl (C=O) groups excluding carboxylic acids is 1. The van der Waals surface area contributed by atoms with E-state index in [0.29, 0.717) is 12.8 Å². The Morgan fingerprint density at radius 1 is 1.19 bits per heavy atom. The molecule has 0 spiro atoms. The van der Waals surface area contributed by atoms with Gasteiger partial charge in [0.2, 0.25) is 0 Å². The fourth-order valence-electron chi connectivity index (χ4n) is 3.08. The van der Waals surface area contributed by atoms with Gasteiger partial charge in [-0.25, -0.2) is 0 Å². The summed E-state index contributed by atoms with van der Waals surface area (Å²) in [6, 6.07) is 0. The van der Waals surface area contributed by atoms with Crippen LogP contribution in [0.2, 0.25) is 0 Å². The first kappa shape index (κ1) is 22.4. The predicted octanol–water partition coefficient (Wildman–Crippen LogP) is 4.25. The molecule has 0 aromatic carbocycles. The second-order valence-electron chi connectivity index (χ2n) is 7.38. The highest BCUT2D eigenvalue weighted by molar-refractivity contribution is 5.66. The van der Waals surface area contributed by atoms with Gasteiger partial charge in [-0.05, 0) is 64.0 Å². The lowest BCUT2D eigenvalue weighted by molar-refractivity contribution is -0.140. The summed E-state index contributed by atoms with van der Waals surface area (Å²) >= 11 is 0. The third-order valence-electron chi connectivity index (χ3n) is 4.93. The molecule has 0 amide bonds. The Bertz CT molecular complexity index is 583. The van der Waals surface area contributed by atoms with E-state index in [0.717, 1.165) is 36.0 Å². The summed E-state index contributed by atoms with van der Waals surface area (Å²) in [5.74, 6) is -0.399. The minimum absolute atomic E-state index is 0.0455. The lowest BCUT2D eigenvalue weighted by atomic mass is 9.87. The van der Waals surface area contributed by atoms with Crippen molar-refractivity contribution in [2.45, 2.75) is 72.0 Å². The normalized spacial score (nSPS) is 28.1. The molecule has 0 aromatic heterocycles. The number of carbonyl (C=O) groups is 1. The zero-order chi connectivity index (χ0) is 19.7. The van der Waals surface area contributed by atoms with E-state index in [1.165, 1.54) is 12.5 Å². The minimum atomic E-state index is -0.678. The smallest absolute Gasteiger partial charge is 0.302 e. The zero-order valence-electron chi connectivity index (χ0n) is 16.6. The molecule has 0 heterocycles. The van der Waals surface area contributed by atoms with Crippen LogP contribution in [-0.4, -0.2) is 35.0 Å². The average molecular weight is 363 g/mol. The lowest BCUT2D eigenvalue weighted by Gasteiger charge is -2.23. The number of aliphatic hydroxyl groups excluding tert-OH is 2. The summed E-state index contributed by atoms with van der Waals surface area (Å²) in [5.41, 5.74) is 3.98. The van der Waals surface area contributed by atoms with Gasteiger partial charge in [0.15, 0.2) is 0 Å². The molecule has 4 heteroatoms. The van der Waals surface area contributed by atoms with Crippen LogP contribution in [0.5, 0.6) is 0 Å². The molecule has 0 fully saturated rings. The van der Waals surface area contributed by atoms with Crippen molar-refractivity contribution in [3.05, 3.63) is 47.1 Å². The largest absolute Gasteiger partial charge is 0.461 e. The summed E-state index contributed by atoms with van der Waals surface area (Å²) in [6.07, 6.45) is 8.38. The molecule has 1 aliphatic carbocycles. The van der Waals surface area contributed by atoms with Gasteiger partial charge in [0, 0.05) is 12.8 Å². The SMILES string of the molecule is C=C(C)[C@H]1CC/C(C)=C/CC=C(C)[C@H](O)CCC(COC(C)=O)=C[C@@H]1O. The molecule has 0 aromatic rings. The Labute approximate surface area is 158 Å². The first-order chi connectivity index (χ1) is 12.2. The summed E-state index contributed by atoms with van der Waals surface area (Å²) in [5, 5.41) is 21.1. The van der Waals surface area contributed by atoms with Crippen LogP contribution in [0.15, 0.2) is 47.1 Å². The number of esters is 1. The maximum Gasteiger partial charge on any atom is 0.302 e. The maximum atomic E-state index is 11.2. The van der Waals surface area contributed by atoms with Crippen LogP contribution in [0.1, 0.15) is 59.8 Å². The quantitative estimate of drug-likeness (QED) is 0.582. The monoisotopic (exact) mass is 362 g/mol. The number of allylic oxidation sites excluding steroid dienone is 3. The average Bonchev–Trinajstić information content (AvgIpc) is 2.55. The highest BCUT2D eigenvalue weighted by Crippen LogP contribution is 2.25. The van der Waals surface area contributed by atoms with Crippen molar-refractivity contribution < 1.29 is 19.7 Å². The van der Waals surface area contributed by atoms with E-state index in [1.54, 1.807) is 6.08 Å². The molecule has 0 unspecified atom stereocenters. The summed E-state index contributed by atoms with van der Waals surface area (Å²) < 4.78 is 5.13. The maximum absolute atomic E-state index is 11.2. The van der Waals surface area contributed by atoms with Gasteiger partial charge in [-0.15, -0.1) is 0 Å². The molecule has 2 N–H and O–H groups in total. The van der Waals surface area contributed by atoms with E-state index in [2.05, 4.69) is 25.7 Å². The second-order valence-corrected chi connectivity index (χ2v) is 7.38. The van der Waals surface area contributed by atoms with E-state index in [1.807, 2.05) is 13.8 Å². The van der Waals surface area contributed by atoms with Gasteiger partial charge in [-0.1, -0.05) is 36.0 Å². The number of rotatable bonds is 3. The van der Waals surface area contributed by atoms with Crippen LogP contribution in [0.3, 0.4) is 0 Å².